The van der Waals surface area contributed by atoms with E-state index in [1.807, 2.05) is 0 Å². The summed E-state index contributed by atoms with van der Waals surface area (Å²) in [5, 5.41) is 0. The van der Waals surface area contributed by atoms with Crippen molar-refractivity contribution < 1.29 is 13.9 Å². The van der Waals surface area contributed by atoms with E-state index in [0.29, 0.717) is 5.56 Å². The molecule has 0 unspecified atom stereocenters. The second-order valence-corrected chi connectivity index (χ2v) is 2.92. The van der Waals surface area contributed by atoms with Crippen LogP contribution in [0.25, 0.3) is 6.08 Å². The van der Waals surface area contributed by atoms with Crippen molar-refractivity contribution in [3.05, 3.63) is 41.2 Å². The van der Waals surface area contributed by atoms with Gasteiger partial charge < -0.3 is 4.74 Å². The van der Waals surface area contributed by atoms with Crippen LogP contribution >= 0.6 is 0 Å². The molecule has 0 heterocycles. The molecule has 0 spiro atoms. The molecule has 2 nitrogen and oxygen atoms in total. The summed E-state index contributed by atoms with van der Waals surface area (Å²) in [5.41, 5.74) is 1.46. The van der Waals surface area contributed by atoms with Crippen LogP contribution in [0.3, 0.4) is 0 Å². The second-order valence-electron chi connectivity index (χ2n) is 2.92. The SMILES string of the molecule is COC(=O)/C=C\c1cc(C)cc(F)c1. The Kier molecular flexibility index (Phi) is 3.40. The van der Waals surface area contributed by atoms with Gasteiger partial charge in [0.1, 0.15) is 5.82 Å². The first-order valence-electron chi connectivity index (χ1n) is 4.15. The van der Waals surface area contributed by atoms with Gasteiger partial charge in [0.15, 0.2) is 0 Å². The van der Waals surface area contributed by atoms with Gasteiger partial charge in [0.25, 0.3) is 0 Å². The van der Waals surface area contributed by atoms with E-state index < -0.39 is 5.97 Å². The molecular weight excluding hydrogens is 183 g/mol. The Labute approximate surface area is 82.0 Å². The molecule has 0 amide bonds. The minimum Gasteiger partial charge on any atom is -0.466 e. The van der Waals surface area contributed by atoms with Crippen LogP contribution < -0.4 is 0 Å². The molecule has 3 heteroatoms. The summed E-state index contributed by atoms with van der Waals surface area (Å²) >= 11 is 0. The zero-order valence-electron chi connectivity index (χ0n) is 8.08. The number of esters is 1. The fourth-order valence-electron chi connectivity index (χ4n) is 1.09. The molecule has 0 aliphatic rings. The molecule has 0 saturated carbocycles. The van der Waals surface area contributed by atoms with Gasteiger partial charge >= 0.3 is 5.97 Å². The summed E-state index contributed by atoms with van der Waals surface area (Å²) in [7, 11) is 1.30. The average Bonchev–Trinajstić information content (AvgIpc) is 2.12. The maximum atomic E-state index is 12.9. The number of hydrogen-bond donors (Lipinski definition) is 0. The van der Waals surface area contributed by atoms with E-state index in [1.54, 1.807) is 13.0 Å². The van der Waals surface area contributed by atoms with Crippen LogP contribution in [0.2, 0.25) is 0 Å². The lowest BCUT2D eigenvalue weighted by atomic mass is 10.1. The number of aryl methyl sites for hydroxylation is 1. The first-order chi connectivity index (χ1) is 6.61. The lowest BCUT2D eigenvalue weighted by molar-refractivity contribution is -0.134. The quantitative estimate of drug-likeness (QED) is 0.533. The van der Waals surface area contributed by atoms with Crippen LogP contribution in [0.1, 0.15) is 11.1 Å². The highest BCUT2D eigenvalue weighted by molar-refractivity contribution is 5.86. The van der Waals surface area contributed by atoms with E-state index in [1.165, 1.54) is 31.4 Å². The molecule has 1 rings (SSSR count). The molecule has 0 aliphatic heterocycles. The van der Waals surface area contributed by atoms with E-state index in [0.717, 1.165) is 5.56 Å². The number of hydrogen-bond acceptors (Lipinski definition) is 2. The van der Waals surface area contributed by atoms with Crippen molar-refractivity contribution in [2.24, 2.45) is 0 Å². The number of benzene rings is 1. The number of rotatable bonds is 2. The summed E-state index contributed by atoms with van der Waals surface area (Å²) in [6.45, 7) is 1.79. The molecule has 0 N–H and O–H groups in total. The third-order valence-electron chi connectivity index (χ3n) is 1.68. The van der Waals surface area contributed by atoms with Crippen LogP contribution in [0.4, 0.5) is 4.39 Å². The first kappa shape index (κ1) is 10.4. The summed E-state index contributed by atoms with van der Waals surface area (Å²) < 4.78 is 17.3. The molecule has 0 aromatic heterocycles. The Balaban J connectivity index is 2.86. The molecule has 0 atom stereocenters. The maximum absolute atomic E-state index is 12.9. The third kappa shape index (κ3) is 3.01. The summed E-state index contributed by atoms with van der Waals surface area (Å²) in [5.74, 6) is -0.763. The van der Waals surface area contributed by atoms with Crippen molar-refractivity contribution in [2.45, 2.75) is 6.92 Å². The van der Waals surface area contributed by atoms with Gasteiger partial charge in [-0.15, -0.1) is 0 Å². The number of carbonyl (C=O) groups excluding carboxylic acids is 1. The van der Waals surface area contributed by atoms with Gasteiger partial charge in [0, 0.05) is 6.08 Å². The van der Waals surface area contributed by atoms with Gasteiger partial charge in [0.05, 0.1) is 7.11 Å². The lowest BCUT2D eigenvalue weighted by Crippen LogP contribution is -1.93. The fraction of sp³-hybridized carbons (Fsp3) is 0.182. The van der Waals surface area contributed by atoms with Crippen molar-refractivity contribution >= 4 is 12.0 Å². The number of ether oxygens (including phenoxy) is 1. The zero-order valence-corrected chi connectivity index (χ0v) is 8.08. The number of halogens is 1. The summed E-state index contributed by atoms with van der Waals surface area (Å²) in [6.07, 6.45) is 2.77. The largest absolute Gasteiger partial charge is 0.466 e. The standard InChI is InChI=1S/C11H11FO2/c1-8-5-9(7-10(12)6-8)3-4-11(13)14-2/h3-7H,1-2H3/b4-3-. The molecule has 1 aromatic rings. The average molecular weight is 194 g/mol. The normalized spacial score (nSPS) is 10.5. The van der Waals surface area contributed by atoms with E-state index in [2.05, 4.69) is 4.74 Å². The first-order valence-corrected chi connectivity index (χ1v) is 4.15. The maximum Gasteiger partial charge on any atom is 0.330 e. The Morgan fingerprint density at radius 2 is 2.14 bits per heavy atom. The Bertz CT molecular complexity index is 349. The molecule has 0 aliphatic carbocycles. The van der Waals surface area contributed by atoms with E-state index in [9.17, 15) is 9.18 Å². The van der Waals surface area contributed by atoms with Crippen molar-refractivity contribution in [2.75, 3.05) is 7.11 Å². The third-order valence-corrected chi connectivity index (χ3v) is 1.68. The van der Waals surface area contributed by atoms with Crippen LogP contribution in [0.15, 0.2) is 24.3 Å². The minimum atomic E-state index is -0.452. The molecule has 0 bridgehead atoms. The molecule has 0 saturated heterocycles. The van der Waals surface area contributed by atoms with Gasteiger partial charge in [-0.05, 0) is 36.3 Å². The van der Waals surface area contributed by atoms with Crippen molar-refractivity contribution in [1.82, 2.24) is 0 Å². The van der Waals surface area contributed by atoms with Crippen LogP contribution in [-0.4, -0.2) is 13.1 Å². The molecule has 0 fully saturated rings. The summed E-state index contributed by atoms with van der Waals surface area (Å²) in [6, 6.07) is 4.56. The van der Waals surface area contributed by atoms with E-state index in [4.69, 9.17) is 0 Å². The molecular formula is C11H11FO2. The van der Waals surface area contributed by atoms with Gasteiger partial charge in [-0.25, -0.2) is 9.18 Å². The second kappa shape index (κ2) is 4.56. The van der Waals surface area contributed by atoms with Crippen molar-refractivity contribution in [1.29, 1.82) is 0 Å². The Morgan fingerprint density at radius 3 is 2.71 bits per heavy atom. The van der Waals surface area contributed by atoms with E-state index in [-0.39, 0.29) is 5.82 Å². The lowest BCUT2D eigenvalue weighted by Gasteiger charge is -1.97. The fourth-order valence-corrected chi connectivity index (χ4v) is 1.09. The smallest absolute Gasteiger partial charge is 0.330 e. The predicted molar refractivity (Wildman–Crippen MR) is 52.2 cm³/mol. The monoisotopic (exact) mass is 194 g/mol. The zero-order chi connectivity index (χ0) is 10.6. The van der Waals surface area contributed by atoms with E-state index >= 15 is 0 Å². The van der Waals surface area contributed by atoms with Gasteiger partial charge in [0.2, 0.25) is 0 Å². The van der Waals surface area contributed by atoms with Gasteiger partial charge in [-0.2, -0.15) is 0 Å². The Morgan fingerprint density at radius 1 is 1.43 bits per heavy atom. The topological polar surface area (TPSA) is 26.3 Å². The number of carbonyl (C=O) groups is 1. The Hall–Kier alpha value is -1.64. The minimum absolute atomic E-state index is 0.311. The molecule has 14 heavy (non-hydrogen) atoms. The summed E-state index contributed by atoms with van der Waals surface area (Å²) in [4.78, 5) is 10.8. The van der Waals surface area contributed by atoms with Crippen molar-refractivity contribution in [3.63, 3.8) is 0 Å². The molecule has 74 valence electrons. The highest BCUT2D eigenvalue weighted by Gasteiger charge is 1.96. The number of methoxy groups -OCH3 is 1. The van der Waals surface area contributed by atoms with Crippen LogP contribution in [0.5, 0.6) is 0 Å². The molecule has 0 radical (unpaired) electrons. The van der Waals surface area contributed by atoms with Crippen LogP contribution in [0, 0.1) is 12.7 Å². The van der Waals surface area contributed by atoms with Gasteiger partial charge in [-0.3, -0.25) is 0 Å². The van der Waals surface area contributed by atoms with Gasteiger partial charge in [-0.1, -0.05) is 6.07 Å². The highest BCUT2D eigenvalue weighted by Crippen LogP contribution is 2.09. The highest BCUT2D eigenvalue weighted by atomic mass is 19.1. The van der Waals surface area contributed by atoms with Crippen LogP contribution in [-0.2, 0) is 9.53 Å². The predicted octanol–water partition coefficient (Wildman–Crippen LogP) is 2.32. The van der Waals surface area contributed by atoms with Crippen molar-refractivity contribution in [3.8, 4) is 0 Å². The molecule has 1 aromatic carbocycles.